The first kappa shape index (κ1) is 12.5. The molecule has 1 N–H and O–H groups in total. The van der Waals surface area contributed by atoms with E-state index in [2.05, 4.69) is 56.9 Å². The molecule has 1 aromatic heterocycles. The molecule has 0 aliphatic heterocycles. The Balaban J connectivity index is 2.03. The van der Waals surface area contributed by atoms with Crippen LogP contribution in [0.3, 0.4) is 0 Å². The Hall–Kier alpha value is -0.960. The van der Waals surface area contributed by atoms with Crippen molar-refractivity contribution in [2.45, 2.75) is 53.2 Å². The van der Waals surface area contributed by atoms with E-state index in [4.69, 9.17) is 4.74 Å². The van der Waals surface area contributed by atoms with Crippen LogP contribution in [0.4, 0.5) is 0 Å². The second-order valence-electron chi connectivity index (χ2n) is 5.63. The quantitative estimate of drug-likeness (QED) is 0.870. The Morgan fingerprint density at radius 1 is 1.35 bits per heavy atom. The summed E-state index contributed by atoms with van der Waals surface area (Å²) < 4.78 is 7.94. The van der Waals surface area contributed by atoms with Crippen LogP contribution in [0.5, 0.6) is 0 Å². The zero-order valence-electron chi connectivity index (χ0n) is 11.6. The number of nitrogens with one attached hydrogen (secondary N) is 1. The molecular formula is C14H24N2O. The third-order valence-corrected chi connectivity index (χ3v) is 4.10. The normalized spacial score (nSPS) is 26.6. The Bertz CT molecular complexity index is 375. The van der Waals surface area contributed by atoms with Crippen molar-refractivity contribution >= 4 is 0 Å². The molecular weight excluding hydrogens is 212 g/mol. The third-order valence-electron chi connectivity index (χ3n) is 4.10. The van der Waals surface area contributed by atoms with E-state index in [0.29, 0.717) is 12.1 Å². The van der Waals surface area contributed by atoms with Gasteiger partial charge in [0, 0.05) is 23.4 Å². The smallest absolute Gasteiger partial charge is 0.0666 e. The molecule has 0 bridgehead atoms. The largest absolute Gasteiger partial charge is 0.378 e. The standard InChI is InChI=1S/C14H24N2O/c1-6-17-13-9-12(14(13,4)5)15-16-10(2)7-8-11(16)3/h7-8,12-13,15H,6,9H2,1-5H3. The summed E-state index contributed by atoms with van der Waals surface area (Å²) >= 11 is 0. The topological polar surface area (TPSA) is 26.2 Å². The van der Waals surface area contributed by atoms with Crippen molar-refractivity contribution in [3.8, 4) is 0 Å². The lowest BCUT2D eigenvalue weighted by Crippen LogP contribution is -2.59. The molecule has 0 saturated heterocycles. The molecule has 17 heavy (non-hydrogen) atoms. The van der Waals surface area contributed by atoms with E-state index in [1.165, 1.54) is 11.4 Å². The summed E-state index contributed by atoms with van der Waals surface area (Å²) in [5, 5.41) is 0. The number of aryl methyl sites for hydroxylation is 2. The van der Waals surface area contributed by atoms with E-state index >= 15 is 0 Å². The van der Waals surface area contributed by atoms with Gasteiger partial charge in [-0.05, 0) is 39.3 Å². The van der Waals surface area contributed by atoms with E-state index in [1.54, 1.807) is 0 Å². The van der Waals surface area contributed by atoms with Crippen LogP contribution in [-0.4, -0.2) is 23.4 Å². The summed E-state index contributed by atoms with van der Waals surface area (Å²) in [6.45, 7) is 11.7. The number of ether oxygens (including phenoxy) is 1. The SMILES string of the molecule is CCOC1CC(Nn2c(C)ccc2C)C1(C)C. The second kappa shape index (κ2) is 4.37. The predicted molar refractivity (Wildman–Crippen MR) is 70.9 cm³/mol. The van der Waals surface area contributed by atoms with Crippen LogP contribution >= 0.6 is 0 Å². The Morgan fingerprint density at radius 3 is 2.41 bits per heavy atom. The average Bonchev–Trinajstić information content (AvgIpc) is 2.58. The Kier molecular flexibility index (Phi) is 3.21. The lowest BCUT2D eigenvalue weighted by Gasteiger charge is -2.52. The van der Waals surface area contributed by atoms with Gasteiger partial charge in [-0.15, -0.1) is 0 Å². The van der Waals surface area contributed by atoms with Gasteiger partial charge in [0.15, 0.2) is 0 Å². The fraction of sp³-hybridized carbons (Fsp3) is 0.714. The Morgan fingerprint density at radius 2 is 1.94 bits per heavy atom. The highest BCUT2D eigenvalue weighted by atomic mass is 16.5. The number of hydrogen-bond acceptors (Lipinski definition) is 2. The first-order valence-electron chi connectivity index (χ1n) is 6.50. The van der Waals surface area contributed by atoms with Gasteiger partial charge >= 0.3 is 0 Å². The molecule has 1 heterocycles. The fourth-order valence-electron chi connectivity index (χ4n) is 2.62. The minimum Gasteiger partial charge on any atom is -0.378 e. The monoisotopic (exact) mass is 236 g/mol. The zero-order chi connectivity index (χ0) is 12.6. The van der Waals surface area contributed by atoms with Gasteiger partial charge in [-0.1, -0.05) is 13.8 Å². The van der Waals surface area contributed by atoms with Crippen LogP contribution in [0, 0.1) is 19.3 Å². The Labute approximate surface area is 104 Å². The highest BCUT2D eigenvalue weighted by molar-refractivity contribution is 5.18. The first-order chi connectivity index (χ1) is 7.96. The third kappa shape index (κ3) is 2.08. The van der Waals surface area contributed by atoms with Crippen molar-refractivity contribution in [3.63, 3.8) is 0 Å². The summed E-state index contributed by atoms with van der Waals surface area (Å²) in [7, 11) is 0. The maximum absolute atomic E-state index is 5.75. The second-order valence-corrected chi connectivity index (χ2v) is 5.63. The summed E-state index contributed by atoms with van der Waals surface area (Å²) in [5.41, 5.74) is 6.34. The highest BCUT2D eigenvalue weighted by Gasteiger charge is 2.49. The number of nitrogens with zero attached hydrogens (tertiary/aromatic N) is 1. The molecule has 2 atom stereocenters. The molecule has 96 valence electrons. The lowest BCUT2D eigenvalue weighted by atomic mass is 9.65. The van der Waals surface area contributed by atoms with E-state index in [0.717, 1.165) is 13.0 Å². The van der Waals surface area contributed by atoms with Gasteiger partial charge in [0.2, 0.25) is 0 Å². The van der Waals surface area contributed by atoms with Crippen LogP contribution in [0.15, 0.2) is 12.1 Å². The molecule has 1 fully saturated rings. The molecule has 2 unspecified atom stereocenters. The van der Waals surface area contributed by atoms with Gasteiger partial charge in [0.05, 0.1) is 12.1 Å². The van der Waals surface area contributed by atoms with Crippen molar-refractivity contribution in [2.24, 2.45) is 5.41 Å². The van der Waals surface area contributed by atoms with E-state index in [1.807, 2.05) is 0 Å². The molecule has 1 aliphatic carbocycles. The number of rotatable bonds is 4. The van der Waals surface area contributed by atoms with Crippen LogP contribution < -0.4 is 5.43 Å². The van der Waals surface area contributed by atoms with Gasteiger partial charge in [-0.2, -0.15) is 0 Å². The van der Waals surface area contributed by atoms with Gasteiger partial charge < -0.3 is 10.2 Å². The molecule has 0 aromatic carbocycles. The van der Waals surface area contributed by atoms with Gasteiger partial charge in [-0.3, -0.25) is 4.68 Å². The lowest BCUT2D eigenvalue weighted by molar-refractivity contribution is -0.101. The molecule has 1 aromatic rings. The number of hydrogen-bond donors (Lipinski definition) is 1. The molecule has 1 saturated carbocycles. The minimum absolute atomic E-state index is 0.207. The average molecular weight is 236 g/mol. The van der Waals surface area contributed by atoms with E-state index in [9.17, 15) is 0 Å². The van der Waals surface area contributed by atoms with E-state index < -0.39 is 0 Å². The van der Waals surface area contributed by atoms with Gasteiger partial charge in [-0.25, -0.2) is 0 Å². The predicted octanol–water partition coefficient (Wildman–Crippen LogP) is 2.85. The summed E-state index contributed by atoms with van der Waals surface area (Å²) in [4.78, 5) is 0. The van der Waals surface area contributed by atoms with Crippen LogP contribution in [0.1, 0.15) is 38.6 Å². The van der Waals surface area contributed by atoms with E-state index in [-0.39, 0.29) is 5.41 Å². The van der Waals surface area contributed by atoms with Crippen LogP contribution in [-0.2, 0) is 4.74 Å². The molecule has 3 nitrogen and oxygen atoms in total. The molecule has 2 rings (SSSR count). The molecule has 1 aliphatic rings. The number of aromatic nitrogens is 1. The van der Waals surface area contributed by atoms with Crippen molar-refractivity contribution in [1.82, 2.24) is 4.68 Å². The molecule has 0 radical (unpaired) electrons. The summed E-state index contributed by atoms with van der Waals surface area (Å²) in [5.74, 6) is 0. The molecule has 3 heteroatoms. The maximum atomic E-state index is 5.75. The van der Waals surface area contributed by atoms with Crippen molar-refractivity contribution in [2.75, 3.05) is 12.0 Å². The summed E-state index contributed by atoms with van der Waals surface area (Å²) in [6.07, 6.45) is 1.49. The summed E-state index contributed by atoms with van der Waals surface area (Å²) in [6, 6.07) is 4.78. The fourth-order valence-corrected chi connectivity index (χ4v) is 2.62. The van der Waals surface area contributed by atoms with Crippen molar-refractivity contribution in [1.29, 1.82) is 0 Å². The zero-order valence-corrected chi connectivity index (χ0v) is 11.6. The van der Waals surface area contributed by atoms with Crippen LogP contribution in [0.2, 0.25) is 0 Å². The van der Waals surface area contributed by atoms with Gasteiger partial charge in [0.25, 0.3) is 0 Å². The van der Waals surface area contributed by atoms with Crippen molar-refractivity contribution in [3.05, 3.63) is 23.5 Å². The van der Waals surface area contributed by atoms with Crippen LogP contribution in [0.25, 0.3) is 0 Å². The highest BCUT2D eigenvalue weighted by Crippen LogP contribution is 2.43. The van der Waals surface area contributed by atoms with Crippen molar-refractivity contribution < 1.29 is 4.74 Å². The molecule has 0 amide bonds. The van der Waals surface area contributed by atoms with Gasteiger partial charge in [0.1, 0.15) is 0 Å². The first-order valence-corrected chi connectivity index (χ1v) is 6.50. The maximum Gasteiger partial charge on any atom is 0.0666 e. The molecule has 0 spiro atoms. The minimum atomic E-state index is 0.207.